The van der Waals surface area contributed by atoms with Crippen molar-refractivity contribution in [2.45, 2.75) is 0 Å². The molecule has 2 rings (SSSR count). The van der Waals surface area contributed by atoms with Crippen LogP contribution in [0.2, 0.25) is 5.02 Å². The van der Waals surface area contributed by atoms with Crippen molar-refractivity contribution in [2.24, 2.45) is 0 Å². The van der Waals surface area contributed by atoms with Gasteiger partial charge < -0.3 is 4.74 Å². The number of hydrogen-bond acceptors (Lipinski definition) is 2. The smallest absolute Gasteiger partial charge is 0.411 e. The second-order valence-electron chi connectivity index (χ2n) is 3.62. The van der Waals surface area contributed by atoms with Gasteiger partial charge in [0.1, 0.15) is 7.11 Å². The van der Waals surface area contributed by atoms with Crippen LogP contribution in [0.3, 0.4) is 0 Å². The molecule has 0 aliphatic rings. The van der Waals surface area contributed by atoms with Gasteiger partial charge in [0.25, 0.3) is 0 Å². The van der Waals surface area contributed by atoms with Crippen molar-refractivity contribution in [1.82, 2.24) is 0 Å². The van der Waals surface area contributed by atoms with Gasteiger partial charge in [-0.15, -0.1) is 0 Å². The fourth-order valence-corrected chi connectivity index (χ4v) is 1.89. The molecule has 0 atom stereocenters. The third-order valence-corrected chi connectivity index (χ3v) is 2.74. The molecule has 0 aliphatic heterocycles. The molecule has 0 fully saturated rings. The van der Waals surface area contributed by atoms with E-state index in [4.69, 9.17) is 11.6 Å². The normalized spacial score (nSPS) is 9.89. The lowest BCUT2D eigenvalue weighted by atomic mass is 10.1. The Balaban J connectivity index is 2.28. The molecule has 0 saturated carbocycles. The number of carbonyl (C=O) groups is 1. The van der Waals surface area contributed by atoms with Crippen LogP contribution < -0.4 is 5.32 Å². The van der Waals surface area contributed by atoms with Crippen LogP contribution in [0, 0.1) is 7.11 Å². The van der Waals surface area contributed by atoms with Gasteiger partial charge in [-0.3, -0.25) is 5.32 Å². The number of nitrogens with one attached hydrogen (secondary N) is 1. The van der Waals surface area contributed by atoms with E-state index in [1.54, 1.807) is 12.1 Å². The van der Waals surface area contributed by atoms with E-state index in [2.05, 4.69) is 17.2 Å². The quantitative estimate of drug-likeness (QED) is 0.872. The van der Waals surface area contributed by atoms with Crippen molar-refractivity contribution in [2.75, 3.05) is 5.32 Å². The van der Waals surface area contributed by atoms with Crippen LogP contribution in [0.15, 0.2) is 48.5 Å². The summed E-state index contributed by atoms with van der Waals surface area (Å²) in [5.74, 6) is 0. The fourth-order valence-electron chi connectivity index (χ4n) is 1.60. The maximum atomic E-state index is 11.0. The van der Waals surface area contributed by atoms with E-state index < -0.39 is 6.09 Å². The van der Waals surface area contributed by atoms with Gasteiger partial charge >= 0.3 is 6.09 Å². The van der Waals surface area contributed by atoms with Crippen LogP contribution in [0.1, 0.15) is 0 Å². The van der Waals surface area contributed by atoms with Crippen LogP contribution >= 0.6 is 11.6 Å². The molecule has 0 unspecified atom stereocenters. The first-order chi connectivity index (χ1) is 8.70. The van der Waals surface area contributed by atoms with E-state index in [0.717, 1.165) is 11.1 Å². The third-order valence-electron chi connectivity index (χ3n) is 2.43. The highest BCUT2D eigenvalue weighted by Crippen LogP contribution is 2.30. The summed E-state index contributed by atoms with van der Waals surface area (Å²) >= 11 is 6.18. The second-order valence-corrected chi connectivity index (χ2v) is 4.02. The van der Waals surface area contributed by atoms with Gasteiger partial charge in [-0.25, -0.2) is 4.79 Å². The molecule has 0 saturated heterocycles. The monoisotopic (exact) mass is 260 g/mol. The molecule has 1 amide bonds. The summed E-state index contributed by atoms with van der Waals surface area (Å²) < 4.78 is 4.27. The molecular weight excluding hydrogens is 250 g/mol. The molecular formula is C14H11ClNO2. The van der Waals surface area contributed by atoms with E-state index in [0.29, 0.717) is 10.7 Å². The van der Waals surface area contributed by atoms with E-state index in [1.165, 1.54) is 0 Å². The predicted molar refractivity (Wildman–Crippen MR) is 72.3 cm³/mol. The van der Waals surface area contributed by atoms with Crippen LogP contribution in [0.5, 0.6) is 0 Å². The van der Waals surface area contributed by atoms with Gasteiger partial charge in [-0.1, -0.05) is 48.0 Å². The Hall–Kier alpha value is -2.00. The number of carbonyl (C=O) groups excluding carboxylic acids is 1. The molecule has 1 radical (unpaired) electrons. The van der Waals surface area contributed by atoms with E-state index >= 15 is 0 Å². The Morgan fingerprint density at radius 2 is 1.89 bits per heavy atom. The molecule has 0 heterocycles. The SMILES string of the molecule is [CH2]OC(=O)Nc1ccc(-c2ccccc2)c(Cl)c1. The van der Waals surface area contributed by atoms with Crippen LogP contribution in [0.25, 0.3) is 11.1 Å². The molecule has 0 aliphatic carbocycles. The minimum Gasteiger partial charge on any atom is -0.446 e. The summed E-state index contributed by atoms with van der Waals surface area (Å²) in [7, 11) is 3.02. The van der Waals surface area contributed by atoms with Gasteiger partial charge in [-0.05, 0) is 17.7 Å². The summed E-state index contributed by atoms with van der Waals surface area (Å²) in [6.45, 7) is 0. The number of rotatable bonds is 2. The van der Waals surface area contributed by atoms with E-state index in [9.17, 15) is 4.79 Å². The molecule has 18 heavy (non-hydrogen) atoms. The number of halogens is 1. The number of anilines is 1. The zero-order valence-electron chi connectivity index (χ0n) is 9.52. The molecule has 2 aromatic carbocycles. The molecule has 0 spiro atoms. The minimum atomic E-state index is -0.626. The first-order valence-electron chi connectivity index (χ1n) is 5.28. The molecule has 91 valence electrons. The summed E-state index contributed by atoms with van der Waals surface area (Å²) in [6.07, 6.45) is -0.626. The largest absolute Gasteiger partial charge is 0.446 e. The summed E-state index contributed by atoms with van der Waals surface area (Å²) in [6, 6.07) is 15.0. The van der Waals surface area contributed by atoms with Crippen LogP contribution in [-0.4, -0.2) is 6.09 Å². The zero-order chi connectivity index (χ0) is 13.0. The number of ether oxygens (including phenoxy) is 1. The van der Waals surface area contributed by atoms with Crippen LogP contribution in [0.4, 0.5) is 10.5 Å². The van der Waals surface area contributed by atoms with Gasteiger partial charge in [0.05, 0.1) is 5.02 Å². The summed E-state index contributed by atoms with van der Waals surface area (Å²) in [4.78, 5) is 11.0. The lowest BCUT2D eigenvalue weighted by Crippen LogP contribution is -2.09. The zero-order valence-corrected chi connectivity index (χ0v) is 10.3. The van der Waals surface area contributed by atoms with Gasteiger partial charge in [0, 0.05) is 11.3 Å². The first-order valence-corrected chi connectivity index (χ1v) is 5.66. The lowest BCUT2D eigenvalue weighted by Gasteiger charge is -2.08. The standard InChI is InChI=1S/C14H11ClNO2/c1-18-14(17)16-11-7-8-12(13(15)9-11)10-5-3-2-4-6-10/h2-9H,1H2,(H,16,17). The third kappa shape index (κ3) is 2.81. The average molecular weight is 261 g/mol. The van der Waals surface area contributed by atoms with Crippen molar-refractivity contribution < 1.29 is 9.53 Å². The predicted octanol–water partition coefficient (Wildman–Crippen LogP) is 4.35. The highest BCUT2D eigenvalue weighted by atomic mass is 35.5. The fraction of sp³-hybridized carbons (Fsp3) is 0. The van der Waals surface area contributed by atoms with E-state index in [1.807, 2.05) is 36.4 Å². The van der Waals surface area contributed by atoms with Gasteiger partial charge in [-0.2, -0.15) is 0 Å². The molecule has 2 aromatic rings. The second kappa shape index (κ2) is 5.56. The Morgan fingerprint density at radius 1 is 1.17 bits per heavy atom. The maximum Gasteiger partial charge on any atom is 0.411 e. The molecule has 4 heteroatoms. The summed E-state index contributed by atoms with van der Waals surface area (Å²) in [5, 5.41) is 3.06. The van der Waals surface area contributed by atoms with Crippen molar-refractivity contribution in [3.05, 3.63) is 60.7 Å². The molecule has 0 aromatic heterocycles. The Labute approximate surface area is 110 Å². The van der Waals surface area contributed by atoms with Crippen molar-refractivity contribution in [3.63, 3.8) is 0 Å². The highest BCUT2D eigenvalue weighted by Gasteiger charge is 2.06. The first kappa shape index (κ1) is 12.5. The van der Waals surface area contributed by atoms with Crippen molar-refractivity contribution in [3.8, 4) is 11.1 Å². The van der Waals surface area contributed by atoms with Crippen molar-refractivity contribution >= 4 is 23.4 Å². The summed E-state index contributed by atoms with van der Waals surface area (Å²) in [5.41, 5.74) is 2.49. The molecule has 3 nitrogen and oxygen atoms in total. The van der Waals surface area contributed by atoms with Crippen molar-refractivity contribution in [1.29, 1.82) is 0 Å². The minimum absolute atomic E-state index is 0.558. The topological polar surface area (TPSA) is 38.3 Å². The van der Waals surface area contributed by atoms with Gasteiger partial charge in [0.2, 0.25) is 0 Å². The lowest BCUT2D eigenvalue weighted by molar-refractivity contribution is 0.199. The Bertz CT molecular complexity index is 555. The van der Waals surface area contributed by atoms with Gasteiger partial charge in [0.15, 0.2) is 0 Å². The van der Waals surface area contributed by atoms with Crippen LogP contribution in [-0.2, 0) is 4.74 Å². The molecule has 1 N–H and O–H groups in total. The number of amides is 1. The highest BCUT2D eigenvalue weighted by molar-refractivity contribution is 6.33. The van der Waals surface area contributed by atoms with E-state index in [-0.39, 0.29) is 0 Å². The number of benzene rings is 2. The average Bonchev–Trinajstić information content (AvgIpc) is 2.40. The Morgan fingerprint density at radius 3 is 2.50 bits per heavy atom. The maximum absolute atomic E-state index is 11.0. The Kier molecular flexibility index (Phi) is 3.85. The molecule has 0 bridgehead atoms. The number of hydrogen-bond donors (Lipinski definition) is 1.